The molecule has 0 saturated carbocycles. The quantitative estimate of drug-likeness (QED) is 0.581. The lowest BCUT2D eigenvalue weighted by molar-refractivity contribution is -0.154. The van der Waals surface area contributed by atoms with Crippen molar-refractivity contribution < 1.29 is 9.53 Å². The number of nitrogens with two attached hydrogens (primary N) is 1. The van der Waals surface area contributed by atoms with E-state index in [2.05, 4.69) is 17.1 Å². The summed E-state index contributed by atoms with van der Waals surface area (Å²) in [7, 11) is 0. The van der Waals surface area contributed by atoms with E-state index in [0.717, 1.165) is 19.4 Å². The molecule has 1 aliphatic heterocycles. The highest BCUT2D eigenvalue weighted by Crippen LogP contribution is 2.17. The summed E-state index contributed by atoms with van der Waals surface area (Å²) in [6, 6.07) is -0.00990. The van der Waals surface area contributed by atoms with Gasteiger partial charge in [0.05, 0.1) is 6.10 Å². The summed E-state index contributed by atoms with van der Waals surface area (Å²) in [5.41, 5.74) is 5.74. The van der Waals surface area contributed by atoms with Crippen LogP contribution in [0.3, 0.4) is 0 Å². The lowest BCUT2D eigenvalue weighted by Gasteiger charge is -2.36. The molecular formula is C13H24N2O2. The fourth-order valence-corrected chi connectivity index (χ4v) is 2.20. The SMILES string of the molecule is CCC(C(=O)OC(C)C)N1CCC=CC1CN. The Kier molecular flexibility index (Phi) is 5.65. The molecule has 17 heavy (non-hydrogen) atoms. The average molecular weight is 240 g/mol. The topological polar surface area (TPSA) is 55.6 Å². The third-order valence-corrected chi connectivity index (χ3v) is 2.99. The normalized spacial score (nSPS) is 22.8. The van der Waals surface area contributed by atoms with Crippen LogP contribution in [-0.4, -0.2) is 42.1 Å². The number of hydrogen-bond donors (Lipinski definition) is 1. The van der Waals surface area contributed by atoms with Crippen molar-refractivity contribution in [2.45, 2.75) is 51.8 Å². The van der Waals surface area contributed by atoms with Crippen LogP contribution in [0, 0.1) is 0 Å². The molecule has 4 nitrogen and oxygen atoms in total. The van der Waals surface area contributed by atoms with Gasteiger partial charge in [0.25, 0.3) is 0 Å². The van der Waals surface area contributed by atoms with Crippen molar-refractivity contribution in [3.63, 3.8) is 0 Å². The predicted octanol–water partition coefficient (Wildman–Crippen LogP) is 1.31. The smallest absolute Gasteiger partial charge is 0.323 e. The maximum Gasteiger partial charge on any atom is 0.323 e. The number of ether oxygens (including phenoxy) is 1. The van der Waals surface area contributed by atoms with Crippen LogP contribution in [0.2, 0.25) is 0 Å². The van der Waals surface area contributed by atoms with Crippen LogP contribution in [-0.2, 0) is 9.53 Å². The van der Waals surface area contributed by atoms with Crippen molar-refractivity contribution in [2.75, 3.05) is 13.1 Å². The van der Waals surface area contributed by atoms with Crippen LogP contribution < -0.4 is 5.73 Å². The van der Waals surface area contributed by atoms with Gasteiger partial charge in [-0.2, -0.15) is 0 Å². The van der Waals surface area contributed by atoms with Crippen molar-refractivity contribution in [1.29, 1.82) is 0 Å². The highest BCUT2D eigenvalue weighted by Gasteiger charge is 2.30. The first kappa shape index (κ1) is 14.2. The summed E-state index contributed by atoms with van der Waals surface area (Å²) < 4.78 is 5.30. The van der Waals surface area contributed by atoms with Crippen LogP contribution >= 0.6 is 0 Å². The summed E-state index contributed by atoms with van der Waals surface area (Å²) in [5.74, 6) is -0.128. The van der Waals surface area contributed by atoms with Crippen LogP contribution in [0.4, 0.5) is 0 Å². The zero-order chi connectivity index (χ0) is 12.8. The van der Waals surface area contributed by atoms with E-state index in [0.29, 0.717) is 6.54 Å². The van der Waals surface area contributed by atoms with Crippen molar-refractivity contribution in [3.05, 3.63) is 12.2 Å². The molecule has 0 fully saturated rings. The predicted molar refractivity (Wildman–Crippen MR) is 68.6 cm³/mol. The van der Waals surface area contributed by atoms with Crippen molar-refractivity contribution >= 4 is 5.97 Å². The van der Waals surface area contributed by atoms with E-state index < -0.39 is 0 Å². The zero-order valence-corrected chi connectivity index (χ0v) is 11.1. The maximum atomic E-state index is 12.0. The minimum absolute atomic E-state index is 0.0618. The van der Waals surface area contributed by atoms with Gasteiger partial charge >= 0.3 is 5.97 Å². The van der Waals surface area contributed by atoms with E-state index in [-0.39, 0.29) is 24.2 Å². The van der Waals surface area contributed by atoms with Gasteiger partial charge in [0, 0.05) is 19.1 Å². The average Bonchev–Trinajstić information content (AvgIpc) is 2.29. The lowest BCUT2D eigenvalue weighted by Crippen LogP contribution is -2.51. The van der Waals surface area contributed by atoms with E-state index in [1.807, 2.05) is 20.8 Å². The molecule has 1 rings (SSSR count). The molecule has 0 saturated heterocycles. The van der Waals surface area contributed by atoms with E-state index in [1.165, 1.54) is 0 Å². The molecule has 0 aromatic rings. The second kappa shape index (κ2) is 6.77. The molecule has 2 unspecified atom stereocenters. The third-order valence-electron chi connectivity index (χ3n) is 2.99. The molecule has 4 heteroatoms. The van der Waals surface area contributed by atoms with Gasteiger partial charge in [-0.25, -0.2) is 0 Å². The Morgan fingerprint density at radius 1 is 1.59 bits per heavy atom. The molecule has 0 bridgehead atoms. The summed E-state index contributed by atoms with van der Waals surface area (Å²) in [5, 5.41) is 0. The van der Waals surface area contributed by atoms with Crippen LogP contribution in [0.5, 0.6) is 0 Å². The molecular weight excluding hydrogens is 216 g/mol. The first-order valence-electron chi connectivity index (χ1n) is 6.43. The molecule has 98 valence electrons. The molecule has 2 N–H and O–H groups in total. The summed E-state index contributed by atoms with van der Waals surface area (Å²) in [6.45, 7) is 7.19. The summed E-state index contributed by atoms with van der Waals surface area (Å²) in [4.78, 5) is 14.2. The molecule has 1 heterocycles. The largest absolute Gasteiger partial charge is 0.462 e. The molecule has 2 atom stereocenters. The standard InChI is InChI=1S/C13H24N2O2/c1-4-12(13(16)17-10(2)3)15-8-6-5-7-11(15)9-14/h5,7,10-12H,4,6,8-9,14H2,1-3H3. The van der Waals surface area contributed by atoms with E-state index >= 15 is 0 Å². The van der Waals surface area contributed by atoms with Crippen LogP contribution in [0.25, 0.3) is 0 Å². The Morgan fingerprint density at radius 2 is 2.29 bits per heavy atom. The minimum Gasteiger partial charge on any atom is -0.462 e. The Balaban J connectivity index is 2.71. The Hall–Kier alpha value is -0.870. The first-order chi connectivity index (χ1) is 8.10. The number of nitrogens with zero attached hydrogens (tertiary/aromatic N) is 1. The monoisotopic (exact) mass is 240 g/mol. The Labute approximate surface area is 104 Å². The van der Waals surface area contributed by atoms with Gasteiger partial charge in [-0.1, -0.05) is 19.1 Å². The molecule has 1 aliphatic rings. The Morgan fingerprint density at radius 3 is 2.82 bits per heavy atom. The Bertz CT molecular complexity index is 277. The number of carbonyl (C=O) groups excluding carboxylic acids is 1. The van der Waals surface area contributed by atoms with Crippen molar-refractivity contribution in [2.24, 2.45) is 5.73 Å². The van der Waals surface area contributed by atoms with Crippen LogP contribution in [0.15, 0.2) is 12.2 Å². The molecule has 0 amide bonds. The van der Waals surface area contributed by atoms with Gasteiger partial charge in [-0.15, -0.1) is 0 Å². The highest BCUT2D eigenvalue weighted by molar-refractivity contribution is 5.76. The van der Waals surface area contributed by atoms with E-state index in [1.54, 1.807) is 0 Å². The van der Waals surface area contributed by atoms with E-state index in [4.69, 9.17) is 10.5 Å². The second-order valence-corrected chi connectivity index (χ2v) is 4.67. The molecule has 0 aliphatic carbocycles. The highest BCUT2D eigenvalue weighted by atomic mass is 16.5. The molecule has 0 spiro atoms. The number of hydrogen-bond acceptors (Lipinski definition) is 4. The zero-order valence-electron chi connectivity index (χ0n) is 11.1. The maximum absolute atomic E-state index is 12.0. The minimum atomic E-state index is -0.170. The number of carbonyl (C=O) groups is 1. The summed E-state index contributed by atoms with van der Waals surface area (Å²) in [6.07, 6.45) is 5.90. The van der Waals surface area contributed by atoms with Gasteiger partial charge in [0.2, 0.25) is 0 Å². The number of rotatable bonds is 5. The van der Waals surface area contributed by atoms with Crippen molar-refractivity contribution in [3.8, 4) is 0 Å². The lowest BCUT2D eigenvalue weighted by atomic mass is 10.0. The molecule has 0 radical (unpaired) electrons. The first-order valence-corrected chi connectivity index (χ1v) is 6.43. The molecule has 0 aromatic heterocycles. The van der Waals surface area contributed by atoms with Gasteiger partial charge in [-0.3, -0.25) is 9.69 Å². The van der Waals surface area contributed by atoms with Gasteiger partial charge < -0.3 is 10.5 Å². The van der Waals surface area contributed by atoms with Gasteiger partial charge in [0.1, 0.15) is 6.04 Å². The third kappa shape index (κ3) is 3.82. The summed E-state index contributed by atoms with van der Waals surface area (Å²) >= 11 is 0. The fourth-order valence-electron chi connectivity index (χ4n) is 2.20. The van der Waals surface area contributed by atoms with E-state index in [9.17, 15) is 4.79 Å². The molecule has 0 aromatic carbocycles. The van der Waals surface area contributed by atoms with Crippen molar-refractivity contribution in [1.82, 2.24) is 4.90 Å². The number of esters is 1. The van der Waals surface area contributed by atoms with Gasteiger partial charge in [-0.05, 0) is 26.7 Å². The fraction of sp³-hybridized carbons (Fsp3) is 0.769. The van der Waals surface area contributed by atoms with Crippen LogP contribution in [0.1, 0.15) is 33.6 Å². The second-order valence-electron chi connectivity index (χ2n) is 4.67. The van der Waals surface area contributed by atoms with Gasteiger partial charge in [0.15, 0.2) is 0 Å².